The molecular formula is C18H20BrN5S. The number of thiazole rings is 1. The lowest BCUT2D eigenvalue weighted by Gasteiger charge is -2.31. The van der Waals surface area contributed by atoms with E-state index < -0.39 is 0 Å². The normalized spacial score (nSPS) is 12.9. The van der Waals surface area contributed by atoms with Crippen LogP contribution in [0.1, 0.15) is 5.56 Å². The third kappa shape index (κ3) is 4.58. The molecule has 0 saturated carbocycles. The Labute approximate surface area is 162 Å². The molecule has 3 aromatic rings. The van der Waals surface area contributed by atoms with Crippen LogP contribution >= 0.6 is 28.3 Å². The molecule has 0 aliphatic carbocycles. The molecule has 2 heterocycles. The lowest BCUT2D eigenvalue weighted by Crippen LogP contribution is -2.44. The second kappa shape index (κ2) is 9.19. The minimum atomic E-state index is 0. The Morgan fingerprint density at radius 2 is 1.52 bits per heavy atom. The van der Waals surface area contributed by atoms with Gasteiger partial charge < -0.3 is 0 Å². The van der Waals surface area contributed by atoms with Crippen molar-refractivity contribution in [1.82, 2.24) is 15.1 Å². The van der Waals surface area contributed by atoms with E-state index >= 15 is 0 Å². The Balaban J connectivity index is 0.000000325. The zero-order chi connectivity index (χ0) is 16.8. The second-order valence-electron chi connectivity index (χ2n) is 5.10. The summed E-state index contributed by atoms with van der Waals surface area (Å²) in [5, 5.41) is 12.5. The first-order valence-electron chi connectivity index (χ1n) is 7.56. The highest BCUT2D eigenvalue weighted by Gasteiger charge is 2.27. The molecule has 0 radical (unpaired) electrons. The van der Waals surface area contributed by atoms with Crippen molar-refractivity contribution < 1.29 is 0 Å². The van der Waals surface area contributed by atoms with Gasteiger partial charge in [-0.2, -0.15) is 10.2 Å². The van der Waals surface area contributed by atoms with Crippen molar-refractivity contribution in [2.75, 3.05) is 19.2 Å². The number of para-hydroxylation sites is 1. The van der Waals surface area contributed by atoms with Crippen LogP contribution in [0.15, 0.2) is 82.9 Å². The van der Waals surface area contributed by atoms with E-state index in [0.717, 1.165) is 17.1 Å². The summed E-state index contributed by atoms with van der Waals surface area (Å²) in [6, 6.07) is 20.4. The number of amidine groups is 1. The van der Waals surface area contributed by atoms with Crippen molar-refractivity contribution in [2.24, 2.45) is 5.10 Å². The van der Waals surface area contributed by atoms with Crippen LogP contribution in [0.5, 0.6) is 0 Å². The van der Waals surface area contributed by atoms with Crippen LogP contribution in [-0.2, 0) is 0 Å². The molecule has 5 nitrogen and oxygen atoms in total. The van der Waals surface area contributed by atoms with E-state index in [9.17, 15) is 0 Å². The second-order valence-corrected chi connectivity index (χ2v) is 5.86. The van der Waals surface area contributed by atoms with Crippen LogP contribution in [0.25, 0.3) is 0 Å². The molecule has 2 aromatic carbocycles. The maximum Gasteiger partial charge on any atom is 0.177 e. The molecular weight excluding hydrogens is 398 g/mol. The number of hydrogen-bond donors (Lipinski definition) is 0. The third-order valence-electron chi connectivity index (χ3n) is 3.47. The van der Waals surface area contributed by atoms with Crippen molar-refractivity contribution in [3.63, 3.8) is 0 Å². The van der Waals surface area contributed by atoms with E-state index in [1.807, 2.05) is 71.1 Å². The summed E-state index contributed by atoms with van der Waals surface area (Å²) in [6.07, 6.45) is 1.77. The molecule has 0 N–H and O–H groups in total. The third-order valence-corrected chi connectivity index (χ3v) is 3.99. The number of rotatable bonds is 2. The number of hydrogen-bond acceptors (Lipinski definition) is 6. The average molecular weight is 418 g/mol. The SMILES string of the molecule is Br.CN1N=C(c2ccccc2)N(C)N1c1ccccc1.c1cscn1. The van der Waals surface area contributed by atoms with Crippen molar-refractivity contribution in [3.05, 3.63) is 83.3 Å². The summed E-state index contributed by atoms with van der Waals surface area (Å²) >= 11 is 1.60. The topological polar surface area (TPSA) is 35.0 Å². The van der Waals surface area contributed by atoms with Crippen LogP contribution in [0, 0.1) is 0 Å². The van der Waals surface area contributed by atoms with Gasteiger partial charge in [0.1, 0.15) is 0 Å². The zero-order valence-electron chi connectivity index (χ0n) is 14.1. The van der Waals surface area contributed by atoms with Crippen LogP contribution in [0.4, 0.5) is 5.69 Å². The van der Waals surface area contributed by atoms with Gasteiger partial charge in [0.2, 0.25) is 0 Å². The molecule has 0 fully saturated rings. The van der Waals surface area contributed by atoms with Gasteiger partial charge in [0.05, 0.1) is 11.2 Å². The lowest BCUT2D eigenvalue weighted by atomic mass is 10.2. The number of hydrazine groups is 2. The molecule has 7 heteroatoms. The monoisotopic (exact) mass is 417 g/mol. The average Bonchev–Trinajstić information content (AvgIpc) is 3.29. The molecule has 0 atom stereocenters. The Hall–Kier alpha value is -2.38. The van der Waals surface area contributed by atoms with E-state index in [1.54, 1.807) is 23.0 Å². The molecule has 0 saturated heterocycles. The first-order valence-corrected chi connectivity index (χ1v) is 8.50. The van der Waals surface area contributed by atoms with Crippen molar-refractivity contribution in [1.29, 1.82) is 0 Å². The largest absolute Gasteiger partial charge is 0.253 e. The number of halogens is 1. The van der Waals surface area contributed by atoms with Crippen molar-refractivity contribution >= 4 is 39.8 Å². The van der Waals surface area contributed by atoms with Gasteiger partial charge in [-0.1, -0.05) is 48.5 Å². The van der Waals surface area contributed by atoms with Gasteiger partial charge in [-0.3, -0.25) is 4.98 Å². The molecule has 25 heavy (non-hydrogen) atoms. The fourth-order valence-corrected chi connectivity index (χ4v) is 2.79. The molecule has 1 aromatic heterocycles. The van der Waals surface area contributed by atoms with Crippen molar-refractivity contribution in [2.45, 2.75) is 0 Å². The minimum absolute atomic E-state index is 0. The molecule has 1 aliphatic rings. The lowest BCUT2D eigenvalue weighted by molar-refractivity contribution is 0.253. The van der Waals surface area contributed by atoms with Gasteiger partial charge in [0.25, 0.3) is 0 Å². The summed E-state index contributed by atoms with van der Waals surface area (Å²) < 4.78 is 0. The Morgan fingerprint density at radius 3 is 2.04 bits per heavy atom. The molecule has 1 aliphatic heterocycles. The number of nitrogens with zero attached hydrogens (tertiary/aromatic N) is 5. The molecule has 0 bridgehead atoms. The maximum atomic E-state index is 4.60. The minimum Gasteiger partial charge on any atom is -0.253 e. The summed E-state index contributed by atoms with van der Waals surface area (Å²) in [6.45, 7) is 0. The van der Waals surface area contributed by atoms with E-state index in [0.29, 0.717) is 0 Å². The molecule has 0 unspecified atom stereocenters. The summed E-state index contributed by atoms with van der Waals surface area (Å²) in [5.74, 6) is 0.937. The standard InChI is InChI=1S/C15H16N4.C3H3NS.BrH/c1-17-15(13-9-5-3-6-10-13)16-18(2)19(17)14-11-7-4-8-12-14;1-2-5-3-4-1;/h3-12H,1-2H3;1-3H;1H. The fourth-order valence-electron chi connectivity index (χ4n) is 2.44. The van der Waals surface area contributed by atoms with E-state index in [-0.39, 0.29) is 17.0 Å². The Bertz CT molecular complexity index is 747. The maximum absolute atomic E-state index is 4.60. The van der Waals surface area contributed by atoms with Gasteiger partial charge >= 0.3 is 0 Å². The predicted molar refractivity (Wildman–Crippen MR) is 110 cm³/mol. The molecule has 0 amide bonds. The van der Waals surface area contributed by atoms with E-state index in [4.69, 9.17) is 0 Å². The summed E-state index contributed by atoms with van der Waals surface area (Å²) in [4.78, 5) is 3.74. The molecule has 130 valence electrons. The Kier molecular flexibility index (Phi) is 6.97. The predicted octanol–water partition coefficient (Wildman–Crippen LogP) is 4.28. The van der Waals surface area contributed by atoms with Crippen LogP contribution < -0.4 is 5.12 Å². The highest BCUT2D eigenvalue weighted by Crippen LogP contribution is 2.23. The van der Waals surface area contributed by atoms with Gasteiger partial charge in [-0.15, -0.1) is 33.4 Å². The number of aromatic nitrogens is 1. The summed E-state index contributed by atoms with van der Waals surface area (Å²) in [7, 11) is 3.96. The van der Waals surface area contributed by atoms with Gasteiger partial charge in [0.15, 0.2) is 5.84 Å². The van der Waals surface area contributed by atoms with Gasteiger partial charge in [-0.25, -0.2) is 5.01 Å². The highest BCUT2D eigenvalue weighted by molar-refractivity contribution is 8.93. The fraction of sp³-hybridized carbons (Fsp3) is 0.111. The number of anilines is 1. The van der Waals surface area contributed by atoms with E-state index in [2.05, 4.69) is 34.4 Å². The molecule has 4 rings (SSSR count). The van der Waals surface area contributed by atoms with Gasteiger partial charge in [-0.05, 0) is 12.1 Å². The molecule has 0 spiro atoms. The van der Waals surface area contributed by atoms with Crippen LogP contribution in [0.2, 0.25) is 0 Å². The van der Waals surface area contributed by atoms with E-state index in [1.165, 1.54) is 0 Å². The highest BCUT2D eigenvalue weighted by atomic mass is 79.9. The summed E-state index contributed by atoms with van der Waals surface area (Å²) in [5.41, 5.74) is 3.98. The van der Waals surface area contributed by atoms with Crippen LogP contribution in [0.3, 0.4) is 0 Å². The first kappa shape index (κ1) is 19.0. The number of hydrazone groups is 1. The number of benzene rings is 2. The van der Waals surface area contributed by atoms with Gasteiger partial charge in [0, 0.05) is 31.2 Å². The Morgan fingerprint density at radius 1 is 0.880 bits per heavy atom. The van der Waals surface area contributed by atoms with Crippen LogP contribution in [-0.4, -0.2) is 35.0 Å². The zero-order valence-corrected chi connectivity index (χ0v) is 16.6. The smallest absolute Gasteiger partial charge is 0.177 e. The quantitative estimate of drug-likeness (QED) is 0.622. The van der Waals surface area contributed by atoms with Crippen molar-refractivity contribution in [3.8, 4) is 0 Å². The first-order chi connectivity index (χ1) is 11.8.